The third-order valence-corrected chi connectivity index (χ3v) is 3.52. The molecule has 96 valence electrons. The van der Waals surface area contributed by atoms with E-state index in [4.69, 9.17) is 15.2 Å². The Balaban J connectivity index is 2.54. The van der Waals surface area contributed by atoms with Gasteiger partial charge in [0, 0.05) is 0 Å². The van der Waals surface area contributed by atoms with Gasteiger partial charge in [-0.2, -0.15) is 4.99 Å². The smallest absolute Gasteiger partial charge is 0.235 e. The van der Waals surface area contributed by atoms with E-state index in [2.05, 4.69) is 4.99 Å². The normalized spacial score (nSPS) is 16.3. The number of aliphatic imine (C=N–C) groups is 1. The molecule has 1 aliphatic carbocycles. The standard InChI is InChI=1S/C13H16N2O3/c1-17-10-6-9(7-11(18-2)12(10)14)13(15-8-16)4-3-5-13/h6-7H,3-5,14H2,1-2H3. The molecule has 5 nitrogen and oxygen atoms in total. The van der Waals surface area contributed by atoms with Gasteiger partial charge in [-0.05, 0) is 37.0 Å². The highest BCUT2D eigenvalue weighted by molar-refractivity contribution is 5.65. The summed E-state index contributed by atoms with van der Waals surface area (Å²) in [6.45, 7) is 0. The lowest BCUT2D eigenvalue weighted by molar-refractivity contribution is 0.254. The van der Waals surface area contributed by atoms with Crippen LogP contribution in [0, 0.1) is 0 Å². The predicted octanol–water partition coefficient (Wildman–Crippen LogP) is 2.00. The van der Waals surface area contributed by atoms with Crippen LogP contribution < -0.4 is 15.2 Å². The number of rotatable bonds is 4. The minimum atomic E-state index is -0.476. The fourth-order valence-corrected chi connectivity index (χ4v) is 2.27. The van der Waals surface area contributed by atoms with E-state index >= 15 is 0 Å². The maximum atomic E-state index is 10.6. The summed E-state index contributed by atoms with van der Waals surface area (Å²) in [6.07, 6.45) is 4.37. The molecule has 0 unspecified atom stereocenters. The Morgan fingerprint density at radius 2 is 1.83 bits per heavy atom. The third kappa shape index (κ3) is 1.83. The van der Waals surface area contributed by atoms with E-state index in [1.165, 1.54) is 0 Å². The van der Waals surface area contributed by atoms with Crippen molar-refractivity contribution in [1.29, 1.82) is 0 Å². The molecule has 1 saturated carbocycles. The highest BCUT2D eigenvalue weighted by Crippen LogP contribution is 2.48. The molecule has 2 N–H and O–H groups in total. The van der Waals surface area contributed by atoms with Crippen molar-refractivity contribution in [1.82, 2.24) is 0 Å². The molecule has 0 spiro atoms. The number of hydrogen-bond donors (Lipinski definition) is 1. The summed E-state index contributed by atoms with van der Waals surface area (Å²) < 4.78 is 10.4. The Bertz CT molecular complexity index is 478. The van der Waals surface area contributed by atoms with E-state index in [1.807, 2.05) is 12.1 Å². The van der Waals surface area contributed by atoms with Crippen LogP contribution in [0.4, 0.5) is 5.69 Å². The van der Waals surface area contributed by atoms with Crippen molar-refractivity contribution in [3.05, 3.63) is 17.7 Å². The van der Waals surface area contributed by atoms with Crippen LogP contribution in [0.25, 0.3) is 0 Å². The first-order valence-electron chi connectivity index (χ1n) is 5.78. The van der Waals surface area contributed by atoms with Gasteiger partial charge in [-0.25, -0.2) is 4.79 Å². The molecular formula is C13H16N2O3. The molecule has 1 aromatic rings. The van der Waals surface area contributed by atoms with Gasteiger partial charge in [0.25, 0.3) is 0 Å². The van der Waals surface area contributed by atoms with Crippen molar-refractivity contribution in [2.45, 2.75) is 24.8 Å². The second-order valence-corrected chi connectivity index (χ2v) is 4.38. The Kier molecular flexibility index (Phi) is 3.26. The number of nitrogen functional groups attached to an aromatic ring is 1. The Morgan fingerprint density at radius 1 is 1.28 bits per heavy atom. The van der Waals surface area contributed by atoms with Gasteiger partial charge in [0.2, 0.25) is 6.08 Å². The molecule has 0 amide bonds. The van der Waals surface area contributed by atoms with Gasteiger partial charge >= 0.3 is 0 Å². The highest BCUT2D eigenvalue weighted by atomic mass is 16.5. The lowest BCUT2D eigenvalue weighted by atomic mass is 9.72. The van der Waals surface area contributed by atoms with Gasteiger partial charge < -0.3 is 15.2 Å². The first-order valence-corrected chi connectivity index (χ1v) is 5.78. The number of anilines is 1. The average molecular weight is 248 g/mol. The van der Waals surface area contributed by atoms with Crippen LogP contribution in [0.2, 0.25) is 0 Å². The van der Waals surface area contributed by atoms with E-state index in [1.54, 1.807) is 20.3 Å². The lowest BCUT2D eigenvalue weighted by Crippen LogP contribution is -2.32. The van der Waals surface area contributed by atoms with Crippen LogP contribution in [0.15, 0.2) is 17.1 Å². The first kappa shape index (κ1) is 12.5. The van der Waals surface area contributed by atoms with Crippen molar-refractivity contribution in [3.63, 3.8) is 0 Å². The minimum Gasteiger partial charge on any atom is -0.494 e. The number of ether oxygens (including phenoxy) is 2. The molecule has 1 aliphatic rings. The van der Waals surface area contributed by atoms with Gasteiger partial charge in [0.05, 0.1) is 19.8 Å². The molecule has 0 bridgehead atoms. The van der Waals surface area contributed by atoms with Gasteiger partial charge in [-0.3, -0.25) is 0 Å². The molecule has 18 heavy (non-hydrogen) atoms. The van der Waals surface area contributed by atoms with E-state index in [9.17, 15) is 4.79 Å². The van der Waals surface area contributed by atoms with Crippen LogP contribution in [-0.2, 0) is 10.3 Å². The summed E-state index contributed by atoms with van der Waals surface area (Å²) in [5.41, 5.74) is 6.76. The van der Waals surface area contributed by atoms with Crippen LogP contribution in [0.3, 0.4) is 0 Å². The van der Waals surface area contributed by atoms with Crippen molar-refractivity contribution < 1.29 is 14.3 Å². The van der Waals surface area contributed by atoms with Crippen molar-refractivity contribution in [2.24, 2.45) is 4.99 Å². The summed E-state index contributed by atoms with van der Waals surface area (Å²) in [6, 6.07) is 3.63. The van der Waals surface area contributed by atoms with Gasteiger partial charge in [-0.15, -0.1) is 0 Å². The maximum absolute atomic E-state index is 10.6. The van der Waals surface area contributed by atoms with Gasteiger partial charge in [0.1, 0.15) is 17.2 Å². The topological polar surface area (TPSA) is 73.9 Å². The second-order valence-electron chi connectivity index (χ2n) is 4.38. The number of carbonyl (C=O) groups excluding carboxylic acids is 1. The second kappa shape index (κ2) is 4.70. The zero-order valence-corrected chi connectivity index (χ0v) is 10.5. The average Bonchev–Trinajstić information content (AvgIpc) is 2.34. The quantitative estimate of drug-likeness (QED) is 0.502. The van der Waals surface area contributed by atoms with Crippen LogP contribution in [-0.4, -0.2) is 20.3 Å². The van der Waals surface area contributed by atoms with E-state index in [0.29, 0.717) is 17.2 Å². The molecule has 0 aliphatic heterocycles. The Labute approximate surface area is 106 Å². The first-order chi connectivity index (χ1) is 8.66. The monoisotopic (exact) mass is 248 g/mol. The SMILES string of the molecule is COc1cc(C2(N=C=O)CCC2)cc(OC)c1N. The molecule has 0 aromatic heterocycles. The predicted molar refractivity (Wildman–Crippen MR) is 67.6 cm³/mol. The van der Waals surface area contributed by atoms with E-state index in [0.717, 1.165) is 24.8 Å². The summed E-state index contributed by atoms with van der Waals surface area (Å²) in [4.78, 5) is 14.5. The number of hydrogen-bond acceptors (Lipinski definition) is 5. The molecule has 1 fully saturated rings. The van der Waals surface area contributed by atoms with E-state index < -0.39 is 5.54 Å². The maximum Gasteiger partial charge on any atom is 0.235 e. The van der Waals surface area contributed by atoms with Crippen molar-refractivity contribution in [2.75, 3.05) is 20.0 Å². The number of nitrogens with zero attached hydrogens (tertiary/aromatic N) is 1. The van der Waals surface area contributed by atoms with Gasteiger partial charge in [0.15, 0.2) is 0 Å². The zero-order valence-electron chi connectivity index (χ0n) is 10.5. The lowest BCUT2D eigenvalue weighted by Gasteiger charge is -2.37. The largest absolute Gasteiger partial charge is 0.494 e. The molecular weight excluding hydrogens is 232 g/mol. The summed E-state index contributed by atoms with van der Waals surface area (Å²) in [5.74, 6) is 1.08. The number of benzene rings is 1. The molecule has 5 heteroatoms. The third-order valence-electron chi connectivity index (χ3n) is 3.52. The molecule has 2 rings (SSSR count). The Morgan fingerprint density at radius 3 is 2.17 bits per heavy atom. The number of methoxy groups -OCH3 is 2. The van der Waals surface area contributed by atoms with Crippen LogP contribution >= 0.6 is 0 Å². The number of nitrogens with two attached hydrogens (primary N) is 1. The molecule has 1 aromatic carbocycles. The minimum absolute atomic E-state index is 0.452. The van der Waals surface area contributed by atoms with Crippen molar-refractivity contribution >= 4 is 11.8 Å². The summed E-state index contributed by atoms with van der Waals surface area (Å²) in [7, 11) is 3.09. The fraction of sp³-hybridized carbons (Fsp3) is 0.462. The molecule has 0 atom stereocenters. The molecule has 0 saturated heterocycles. The van der Waals surface area contributed by atoms with Crippen LogP contribution in [0.1, 0.15) is 24.8 Å². The van der Waals surface area contributed by atoms with E-state index in [-0.39, 0.29) is 0 Å². The molecule has 0 radical (unpaired) electrons. The summed E-state index contributed by atoms with van der Waals surface area (Å²) in [5, 5.41) is 0. The number of isocyanates is 1. The fourth-order valence-electron chi connectivity index (χ4n) is 2.27. The Hall–Kier alpha value is -2.00. The van der Waals surface area contributed by atoms with Gasteiger partial charge in [-0.1, -0.05) is 0 Å². The van der Waals surface area contributed by atoms with Crippen molar-refractivity contribution in [3.8, 4) is 11.5 Å². The molecule has 0 heterocycles. The zero-order chi connectivity index (χ0) is 13.2. The highest BCUT2D eigenvalue weighted by Gasteiger charge is 2.39. The summed E-state index contributed by atoms with van der Waals surface area (Å²) >= 11 is 0. The van der Waals surface area contributed by atoms with Crippen LogP contribution in [0.5, 0.6) is 11.5 Å².